The average molecular weight is 984 g/mol. The molecule has 0 bridgehead atoms. The minimum absolute atomic E-state index is 0.0250. The Labute approximate surface area is 409 Å². The molecule has 2 heterocycles. The first-order chi connectivity index (χ1) is 33.5. The largest absolute Gasteiger partial charge is 0.497 e. The summed E-state index contributed by atoms with van der Waals surface area (Å²) in [5, 5.41) is 15.0. The highest BCUT2D eigenvalue weighted by Gasteiger charge is 2.30. The maximum Gasteiger partial charge on any atom is 0.407 e. The molecule has 5 rings (SSSR count). The second kappa shape index (κ2) is 30.4. The predicted molar refractivity (Wildman–Crippen MR) is 258 cm³/mol. The number of hydrogen-bond acceptors (Lipinski definition) is 16. The minimum Gasteiger partial charge on any atom is -0.497 e. The van der Waals surface area contributed by atoms with Crippen LogP contribution in [0.5, 0.6) is 11.5 Å². The molecule has 20 heteroatoms. The molecule has 0 spiro atoms. The summed E-state index contributed by atoms with van der Waals surface area (Å²) in [6.07, 6.45) is -0.436. The number of hydrogen-bond donors (Lipinski definition) is 2. The number of methoxy groups -OCH3 is 1. The third-order valence-corrected chi connectivity index (χ3v) is 10.0. The van der Waals surface area contributed by atoms with Crippen molar-refractivity contribution in [3.63, 3.8) is 0 Å². The van der Waals surface area contributed by atoms with E-state index < -0.39 is 17.7 Å². The van der Waals surface area contributed by atoms with Crippen molar-refractivity contribution < 1.29 is 61.7 Å². The molecule has 1 aliphatic rings. The summed E-state index contributed by atoms with van der Waals surface area (Å²) in [7, 11) is 1.62. The van der Waals surface area contributed by atoms with Gasteiger partial charge >= 0.3 is 6.09 Å². The molecule has 0 unspecified atom stereocenters. The smallest absolute Gasteiger partial charge is 0.407 e. The number of fused-ring (bicyclic) bond motifs is 3. The van der Waals surface area contributed by atoms with Crippen LogP contribution in [0.2, 0.25) is 5.02 Å². The minimum atomic E-state index is -0.633. The molecular formula is C49H67ClN6O13. The number of aryl methyl sites for hydroxylation is 1. The van der Waals surface area contributed by atoms with Crippen LogP contribution < -0.4 is 20.1 Å². The second-order valence-electron chi connectivity index (χ2n) is 16.3. The van der Waals surface area contributed by atoms with Crippen molar-refractivity contribution in [2.24, 2.45) is 4.99 Å². The third kappa shape index (κ3) is 20.3. The summed E-state index contributed by atoms with van der Waals surface area (Å²) in [6, 6.07) is 19.7. The van der Waals surface area contributed by atoms with Crippen LogP contribution in [0.4, 0.5) is 10.5 Å². The van der Waals surface area contributed by atoms with Gasteiger partial charge in [0.2, 0.25) is 5.91 Å². The summed E-state index contributed by atoms with van der Waals surface area (Å²) in [6.45, 7) is 15.1. The number of ether oxygens (including phenoxy) is 11. The van der Waals surface area contributed by atoms with Crippen LogP contribution in [0, 0.1) is 6.92 Å². The highest BCUT2D eigenvalue weighted by Crippen LogP contribution is 2.35. The Kier molecular flexibility index (Phi) is 24.1. The summed E-state index contributed by atoms with van der Waals surface area (Å²) in [5.41, 5.74) is 3.28. The van der Waals surface area contributed by atoms with Gasteiger partial charge in [0, 0.05) is 28.4 Å². The lowest BCUT2D eigenvalue weighted by Crippen LogP contribution is -2.34. The van der Waals surface area contributed by atoms with E-state index in [0.717, 1.165) is 16.8 Å². The topological polar surface area (TPSA) is 203 Å². The Hall–Kier alpha value is -5.22. The average Bonchev–Trinajstić information content (AvgIpc) is 3.65. The lowest BCUT2D eigenvalue weighted by molar-refractivity contribution is -0.116. The number of aliphatic imine (C=N–C) groups is 1. The highest BCUT2D eigenvalue weighted by atomic mass is 35.5. The quantitative estimate of drug-likeness (QED) is 0.0511. The molecule has 0 saturated carbocycles. The van der Waals surface area contributed by atoms with Crippen molar-refractivity contribution in [3.05, 3.63) is 94.5 Å². The van der Waals surface area contributed by atoms with Crippen LogP contribution in [-0.2, 0) is 47.4 Å². The number of amides is 2. The van der Waals surface area contributed by atoms with Gasteiger partial charge in [-0.2, -0.15) is 0 Å². The molecule has 2 amide bonds. The molecule has 4 aromatic rings. The van der Waals surface area contributed by atoms with E-state index in [2.05, 4.69) is 20.8 Å². The number of anilines is 1. The zero-order valence-corrected chi connectivity index (χ0v) is 41.1. The Bertz CT molecular complexity index is 2150. The fourth-order valence-corrected chi connectivity index (χ4v) is 6.72. The van der Waals surface area contributed by atoms with E-state index in [4.69, 9.17) is 68.7 Å². The van der Waals surface area contributed by atoms with Gasteiger partial charge in [-0.3, -0.25) is 14.4 Å². The van der Waals surface area contributed by atoms with Gasteiger partial charge in [0.25, 0.3) is 0 Å². The zero-order valence-electron chi connectivity index (χ0n) is 40.3. The molecule has 19 nitrogen and oxygen atoms in total. The first kappa shape index (κ1) is 54.7. The Morgan fingerprint density at radius 3 is 1.68 bits per heavy atom. The van der Waals surface area contributed by atoms with Crippen LogP contribution >= 0.6 is 11.6 Å². The summed E-state index contributed by atoms with van der Waals surface area (Å²) >= 11 is 6.23. The molecule has 0 aliphatic carbocycles. The molecule has 1 atom stereocenters. The molecule has 378 valence electrons. The van der Waals surface area contributed by atoms with Crippen molar-refractivity contribution >= 4 is 35.0 Å². The lowest BCUT2D eigenvalue weighted by Gasteiger charge is -2.19. The van der Waals surface area contributed by atoms with Crippen LogP contribution in [0.15, 0.2) is 71.7 Å². The van der Waals surface area contributed by atoms with Crippen molar-refractivity contribution in [2.45, 2.75) is 45.8 Å². The highest BCUT2D eigenvalue weighted by molar-refractivity contribution is 6.30. The van der Waals surface area contributed by atoms with Gasteiger partial charge in [-0.25, -0.2) is 4.79 Å². The van der Waals surface area contributed by atoms with Crippen LogP contribution in [-0.4, -0.2) is 164 Å². The van der Waals surface area contributed by atoms with Crippen molar-refractivity contribution in [2.75, 3.05) is 131 Å². The number of rotatable bonds is 33. The number of nitrogens with one attached hydrogen (secondary N) is 2. The number of aromatic nitrogens is 3. The van der Waals surface area contributed by atoms with E-state index >= 15 is 0 Å². The number of benzene rings is 3. The van der Waals surface area contributed by atoms with Crippen molar-refractivity contribution in [3.8, 4) is 17.2 Å². The molecule has 0 fully saturated rings. The normalized spacial score (nSPS) is 13.2. The van der Waals surface area contributed by atoms with E-state index in [0.29, 0.717) is 158 Å². The summed E-state index contributed by atoms with van der Waals surface area (Å²) in [4.78, 5) is 30.2. The Morgan fingerprint density at radius 1 is 0.652 bits per heavy atom. The fourth-order valence-electron chi connectivity index (χ4n) is 6.60. The van der Waals surface area contributed by atoms with Crippen molar-refractivity contribution in [1.29, 1.82) is 0 Å². The number of halogens is 1. The molecule has 1 aliphatic heterocycles. The summed E-state index contributed by atoms with van der Waals surface area (Å²) < 4.78 is 62.6. The van der Waals surface area contributed by atoms with Gasteiger partial charge in [-0.15, -0.1) is 10.2 Å². The molecule has 69 heavy (non-hydrogen) atoms. The Balaban J connectivity index is 0.832. The first-order valence-corrected chi connectivity index (χ1v) is 23.4. The van der Waals surface area contributed by atoms with E-state index in [9.17, 15) is 9.59 Å². The van der Waals surface area contributed by atoms with E-state index in [1.54, 1.807) is 31.4 Å². The molecule has 0 radical (unpaired) electrons. The first-order valence-electron chi connectivity index (χ1n) is 23.1. The lowest BCUT2D eigenvalue weighted by atomic mass is 10.00. The second-order valence-corrected chi connectivity index (χ2v) is 16.7. The number of carbonyl (C=O) groups excluding carboxylic acids is 2. The number of carbonyl (C=O) groups is 2. The third-order valence-electron chi connectivity index (χ3n) is 9.78. The summed E-state index contributed by atoms with van der Waals surface area (Å²) in [5.74, 6) is 2.31. The monoisotopic (exact) mass is 982 g/mol. The molecule has 2 N–H and O–H groups in total. The van der Waals surface area contributed by atoms with Crippen LogP contribution in [0.25, 0.3) is 5.69 Å². The van der Waals surface area contributed by atoms with Gasteiger partial charge in [0.05, 0.1) is 131 Å². The van der Waals surface area contributed by atoms with Crippen LogP contribution in [0.1, 0.15) is 56.0 Å². The van der Waals surface area contributed by atoms with Crippen LogP contribution in [0.3, 0.4) is 0 Å². The van der Waals surface area contributed by atoms with E-state index in [1.807, 2.05) is 74.7 Å². The predicted octanol–water partition coefficient (Wildman–Crippen LogP) is 6.19. The fraction of sp³-hybridized carbons (Fsp3) is 0.531. The SMILES string of the molecule is COc1ccc2c(c1)C(c1ccc(Cl)cc1)=N[C@@H](CC(=O)Nc1ccc(OCCOCCOCCOCCOCCOCCOCCOCCOCCNC(=O)OC(C)(C)C)cc1)c1nnc(C)n1-2. The molecular weight excluding hydrogens is 916 g/mol. The number of alkyl carbamates (subject to hydrolysis) is 1. The van der Waals surface area contributed by atoms with Gasteiger partial charge in [0.1, 0.15) is 35.6 Å². The van der Waals surface area contributed by atoms with Crippen molar-refractivity contribution in [1.82, 2.24) is 20.1 Å². The van der Waals surface area contributed by atoms with Gasteiger partial charge in [-0.1, -0.05) is 23.7 Å². The van der Waals surface area contributed by atoms with E-state index in [-0.39, 0.29) is 12.3 Å². The zero-order chi connectivity index (χ0) is 49.1. The maximum atomic E-state index is 13.5. The number of nitrogens with zero attached hydrogens (tertiary/aromatic N) is 4. The molecule has 0 saturated heterocycles. The molecule has 3 aromatic carbocycles. The Morgan fingerprint density at radius 2 is 1.16 bits per heavy atom. The molecule has 1 aromatic heterocycles. The van der Waals surface area contributed by atoms with Gasteiger partial charge in [-0.05, 0) is 82.3 Å². The van der Waals surface area contributed by atoms with Gasteiger partial charge in [0.15, 0.2) is 5.82 Å². The standard InChI is InChI=1S/C49H67ClN6O13/c1-36-54-55-47-43(53-46(37-6-8-38(50)9-7-37)42-34-41(59-5)14-15-44(42)56(36)47)35-45(57)52-39-10-12-40(13-11-39)68-33-32-67-31-30-66-29-28-65-27-26-64-25-24-63-23-22-62-21-20-61-19-18-60-17-16-51-48(58)69-49(2,3)4/h6-15,34,43H,16-33,35H2,1-5H3,(H,51,58)(H,52,57)/t43-/m0/s1. The maximum absolute atomic E-state index is 13.5. The van der Waals surface area contributed by atoms with Gasteiger partial charge < -0.3 is 62.7 Å². The van der Waals surface area contributed by atoms with E-state index in [1.165, 1.54) is 0 Å².